The SMILES string of the molecule is CCCC(C)(O)CNc1ncc(N)cc1C(N)=O. The number of nitrogens with two attached hydrogens (primary N) is 2. The Morgan fingerprint density at radius 2 is 2.28 bits per heavy atom. The van der Waals surface area contributed by atoms with Gasteiger partial charge in [0, 0.05) is 6.54 Å². The van der Waals surface area contributed by atoms with Crippen LogP contribution >= 0.6 is 0 Å². The highest BCUT2D eigenvalue weighted by molar-refractivity contribution is 5.98. The molecule has 1 rings (SSSR count). The van der Waals surface area contributed by atoms with E-state index in [-0.39, 0.29) is 12.1 Å². The lowest BCUT2D eigenvalue weighted by molar-refractivity contribution is 0.0635. The summed E-state index contributed by atoms with van der Waals surface area (Å²) in [5, 5.41) is 13.0. The number of rotatable bonds is 6. The molecule has 100 valence electrons. The van der Waals surface area contributed by atoms with Crippen LogP contribution in [0, 0.1) is 0 Å². The summed E-state index contributed by atoms with van der Waals surface area (Å²) < 4.78 is 0. The average Bonchev–Trinajstić information content (AvgIpc) is 2.27. The number of hydrogen-bond donors (Lipinski definition) is 4. The number of nitrogens with one attached hydrogen (secondary N) is 1. The van der Waals surface area contributed by atoms with Crippen molar-refractivity contribution in [3.63, 3.8) is 0 Å². The molecule has 1 atom stereocenters. The minimum atomic E-state index is -0.854. The molecule has 0 fully saturated rings. The number of pyridine rings is 1. The number of nitrogen functional groups attached to an aromatic ring is 1. The lowest BCUT2D eigenvalue weighted by Crippen LogP contribution is -2.34. The number of aromatic nitrogens is 1. The Morgan fingerprint density at radius 3 is 2.83 bits per heavy atom. The summed E-state index contributed by atoms with van der Waals surface area (Å²) >= 11 is 0. The molecule has 18 heavy (non-hydrogen) atoms. The fourth-order valence-electron chi connectivity index (χ4n) is 1.71. The van der Waals surface area contributed by atoms with Crippen LogP contribution in [-0.4, -0.2) is 28.1 Å². The summed E-state index contributed by atoms with van der Waals surface area (Å²) in [4.78, 5) is 15.3. The molecule has 6 N–H and O–H groups in total. The van der Waals surface area contributed by atoms with E-state index in [0.29, 0.717) is 17.9 Å². The number of carbonyl (C=O) groups is 1. The molecule has 0 saturated carbocycles. The van der Waals surface area contributed by atoms with Crippen molar-refractivity contribution in [2.45, 2.75) is 32.3 Å². The third kappa shape index (κ3) is 3.89. The van der Waals surface area contributed by atoms with Gasteiger partial charge in [-0.2, -0.15) is 0 Å². The summed E-state index contributed by atoms with van der Waals surface area (Å²) in [6.07, 6.45) is 2.96. The van der Waals surface area contributed by atoms with E-state index in [2.05, 4.69) is 10.3 Å². The van der Waals surface area contributed by atoms with Crippen LogP contribution < -0.4 is 16.8 Å². The molecule has 0 aromatic carbocycles. The minimum Gasteiger partial charge on any atom is -0.397 e. The summed E-state index contributed by atoms with van der Waals surface area (Å²) in [6, 6.07) is 1.46. The highest BCUT2D eigenvalue weighted by Crippen LogP contribution is 2.17. The first-order chi connectivity index (χ1) is 8.35. The number of hydrogen-bond acceptors (Lipinski definition) is 5. The topological polar surface area (TPSA) is 114 Å². The van der Waals surface area contributed by atoms with Crippen molar-refractivity contribution in [2.24, 2.45) is 5.73 Å². The van der Waals surface area contributed by atoms with Crippen molar-refractivity contribution in [1.29, 1.82) is 0 Å². The Kier molecular flexibility index (Phi) is 4.49. The smallest absolute Gasteiger partial charge is 0.252 e. The highest BCUT2D eigenvalue weighted by Gasteiger charge is 2.20. The molecule has 0 aliphatic carbocycles. The van der Waals surface area contributed by atoms with E-state index < -0.39 is 11.5 Å². The van der Waals surface area contributed by atoms with Crippen LogP contribution in [0.5, 0.6) is 0 Å². The van der Waals surface area contributed by atoms with Gasteiger partial charge in [-0.1, -0.05) is 13.3 Å². The molecule has 0 saturated heterocycles. The van der Waals surface area contributed by atoms with E-state index in [1.807, 2.05) is 6.92 Å². The Balaban J connectivity index is 2.82. The summed E-state index contributed by atoms with van der Waals surface area (Å²) in [6.45, 7) is 4.01. The Labute approximate surface area is 106 Å². The molecule has 1 heterocycles. The first kappa shape index (κ1) is 14.2. The van der Waals surface area contributed by atoms with Crippen LogP contribution in [-0.2, 0) is 0 Å². The standard InChI is InChI=1S/C12H20N4O2/c1-3-4-12(2,18)7-16-11-9(10(14)17)5-8(13)6-15-11/h5-6,18H,3-4,7,13H2,1-2H3,(H2,14,17)(H,15,16). The second kappa shape index (κ2) is 5.68. The molecule has 0 radical (unpaired) electrons. The lowest BCUT2D eigenvalue weighted by atomic mass is 10.0. The van der Waals surface area contributed by atoms with E-state index >= 15 is 0 Å². The van der Waals surface area contributed by atoms with Gasteiger partial charge in [0.25, 0.3) is 5.91 Å². The van der Waals surface area contributed by atoms with Gasteiger partial charge in [0.2, 0.25) is 0 Å². The summed E-state index contributed by atoms with van der Waals surface area (Å²) in [5.74, 6) is -0.263. The fourth-order valence-corrected chi connectivity index (χ4v) is 1.71. The van der Waals surface area contributed by atoms with Crippen LogP contribution in [0.15, 0.2) is 12.3 Å². The highest BCUT2D eigenvalue weighted by atomic mass is 16.3. The number of anilines is 2. The van der Waals surface area contributed by atoms with E-state index in [9.17, 15) is 9.90 Å². The van der Waals surface area contributed by atoms with E-state index in [1.165, 1.54) is 12.3 Å². The van der Waals surface area contributed by atoms with Crippen LogP contribution in [0.3, 0.4) is 0 Å². The van der Waals surface area contributed by atoms with E-state index in [1.54, 1.807) is 6.92 Å². The van der Waals surface area contributed by atoms with Gasteiger partial charge in [-0.3, -0.25) is 4.79 Å². The number of amides is 1. The van der Waals surface area contributed by atoms with Gasteiger partial charge in [0.05, 0.1) is 23.0 Å². The molecule has 6 heteroatoms. The summed E-state index contributed by atoms with van der Waals surface area (Å²) in [5.41, 5.74) is 10.5. The van der Waals surface area contributed by atoms with Gasteiger partial charge >= 0.3 is 0 Å². The van der Waals surface area contributed by atoms with Crippen molar-refractivity contribution >= 4 is 17.4 Å². The Hall–Kier alpha value is -1.82. The third-order valence-corrected chi connectivity index (χ3v) is 2.60. The van der Waals surface area contributed by atoms with E-state index in [4.69, 9.17) is 11.5 Å². The van der Waals surface area contributed by atoms with Crippen LogP contribution in [0.1, 0.15) is 37.0 Å². The molecule has 1 amide bonds. The molecular weight excluding hydrogens is 232 g/mol. The average molecular weight is 252 g/mol. The predicted octanol–water partition coefficient (Wildman–Crippen LogP) is 0.726. The van der Waals surface area contributed by atoms with Crippen molar-refractivity contribution in [1.82, 2.24) is 4.98 Å². The molecule has 0 aliphatic rings. The van der Waals surface area contributed by atoms with Gasteiger partial charge in [0.1, 0.15) is 5.82 Å². The van der Waals surface area contributed by atoms with Gasteiger partial charge in [-0.15, -0.1) is 0 Å². The van der Waals surface area contributed by atoms with Crippen LogP contribution in [0.4, 0.5) is 11.5 Å². The first-order valence-corrected chi connectivity index (χ1v) is 5.87. The summed E-state index contributed by atoms with van der Waals surface area (Å²) in [7, 11) is 0. The van der Waals surface area contributed by atoms with Crippen molar-refractivity contribution < 1.29 is 9.90 Å². The number of carbonyl (C=O) groups excluding carboxylic acids is 1. The fraction of sp³-hybridized carbons (Fsp3) is 0.500. The molecule has 0 bridgehead atoms. The Morgan fingerprint density at radius 1 is 1.61 bits per heavy atom. The molecule has 0 spiro atoms. The molecule has 0 aliphatic heterocycles. The number of nitrogens with zero attached hydrogens (tertiary/aromatic N) is 1. The monoisotopic (exact) mass is 252 g/mol. The molecular formula is C12H20N4O2. The van der Waals surface area contributed by atoms with Crippen molar-refractivity contribution in [2.75, 3.05) is 17.6 Å². The van der Waals surface area contributed by atoms with Crippen molar-refractivity contribution in [3.05, 3.63) is 17.8 Å². The maximum Gasteiger partial charge on any atom is 0.252 e. The van der Waals surface area contributed by atoms with Crippen LogP contribution in [0.2, 0.25) is 0 Å². The maximum atomic E-state index is 11.2. The molecule has 1 aromatic heterocycles. The Bertz CT molecular complexity index is 432. The second-order valence-corrected chi connectivity index (χ2v) is 4.63. The normalized spacial score (nSPS) is 13.9. The van der Waals surface area contributed by atoms with Crippen molar-refractivity contribution in [3.8, 4) is 0 Å². The van der Waals surface area contributed by atoms with Gasteiger partial charge in [-0.05, 0) is 19.4 Å². The van der Waals surface area contributed by atoms with Crippen LogP contribution in [0.25, 0.3) is 0 Å². The maximum absolute atomic E-state index is 11.2. The number of primary amides is 1. The predicted molar refractivity (Wildman–Crippen MR) is 71.2 cm³/mol. The quantitative estimate of drug-likeness (QED) is 0.595. The zero-order valence-electron chi connectivity index (χ0n) is 10.7. The van der Waals surface area contributed by atoms with Gasteiger partial charge in [-0.25, -0.2) is 4.98 Å². The number of aliphatic hydroxyl groups is 1. The zero-order valence-corrected chi connectivity index (χ0v) is 10.7. The van der Waals surface area contributed by atoms with Gasteiger partial charge in [0.15, 0.2) is 0 Å². The lowest BCUT2D eigenvalue weighted by Gasteiger charge is -2.23. The second-order valence-electron chi connectivity index (χ2n) is 4.63. The molecule has 6 nitrogen and oxygen atoms in total. The zero-order chi connectivity index (χ0) is 13.8. The third-order valence-electron chi connectivity index (χ3n) is 2.60. The first-order valence-electron chi connectivity index (χ1n) is 5.87. The minimum absolute atomic E-state index is 0.224. The van der Waals surface area contributed by atoms with Gasteiger partial charge < -0.3 is 21.9 Å². The molecule has 1 unspecified atom stereocenters. The molecule has 1 aromatic rings. The van der Waals surface area contributed by atoms with E-state index in [0.717, 1.165) is 6.42 Å². The largest absolute Gasteiger partial charge is 0.397 e.